The van der Waals surface area contributed by atoms with Crippen molar-refractivity contribution in [1.82, 2.24) is 14.6 Å². The van der Waals surface area contributed by atoms with Crippen LogP contribution in [0.15, 0.2) is 29.3 Å². The lowest BCUT2D eigenvalue weighted by Crippen LogP contribution is -2.23. The van der Waals surface area contributed by atoms with Gasteiger partial charge in [0.25, 0.3) is 5.56 Å². The molecule has 0 atom stereocenters. The van der Waals surface area contributed by atoms with Crippen molar-refractivity contribution in [2.45, 2.75) is 0 Å². The van der Waals surface area contributed by atoms with E-state index >= 15 is 0 Å². The molecular formula is C13H11N3O3S. The molecule has 102 valence electrons. The van der Waals surface area contributed by atoms with Crippen molar-refractivity contribution in [2.75, 3.05) is 14.2 Å². The Morgan fingerprint density at radius 2 is 2.15 bits per heavy atom. The quantitative estimate of drug-likeness (QED) is 0.710. The van der Waals surface area contributed by atoms with Crippen LogP contribution < -0.4 is 19.6 Å². The smallest absolute Gasteiger partial charge is 0.291 e. The summed E-state index contributed by atoms with van der Waals surface area (Å²) in [5, 5.41) is 3.88. The maximum Gasteiger partial charge on any atom is 0.291 e. The van der Waals surface area contributed by atoms with Gasteiger partial charge in [-0.3, -0.25) is 4.79 Å². The molecule has 0 radical (unpaired) electrons. The van der Waals surface area contributed by atoms with Crippen LogP contribution in [0.25, 0.3) is 11.0 Å². The monoisotopic (exact) mass is 289 g/mol. The lowest BCUT2D eigenvalue weighted by atomic mass is 10.2. The zero-order valence-corrected chi connectivity index (χ0v) is 11.7. The Bertz CT molecular complexity index is 869. The van der Waals surface area contributed by atoms with Crippen LogP contribution in [-0.2, 0) is 0 Å². The first-order valence-corrected chi connectivity index (χ1v) is 6.61. The molecule has 20 heavy (non-hydrogen) atoms. The zero-order chi connectivity index (χ0) is 14.1. The predicted molar refractivity (Wildman–Crippen MR) is 75.5 cm³/mol. The molecule has 2 aromatic heterocycles. The van der Waals surface area contributed by atoms with E-state index in [1.54, 1.807) is 26.4 Å². The Morgan fingerprint density at radius 1 is 1.30 bits per heavy atom. The van der Waals surface area contributed by atoms with Crippen LogP contribution in [-0.4, -0.2) is 28.8 Å². The summed E-state index contributed by atoms with van der Waals surface area (Å²) in [4.78, 5) is 16.7. The van der Waals surface area contributed by atoms with E-state index in [2.05, 4.69) is 10.1 Å². The van der Waals surface area contributed by atoms with Crippen LogP contribution in [0.5, 0.6) is 11.5 Å². The highest BCUT2D eigenvalue weighted by Crippen LogP contribution is 2.24. The van der Waals surface area contributed by atoms with Crippen LogP contribution in [0, 0.1) is 0 Å². The average molecular weight is 289 g/mol. The van der Waals surface area contributed by atoms with E-state index in [9.17, 15) is 4.79 Å². The van der Waals surface area contributed by atoms with Gasteiger partial charge in [-0.2, -0.15) is 9.61 Å². The first-order valence-electron chi connectivity index (χ1n) is 5.79. The van der Waals surface area contributed by atoms with Crippen LogP contribution in [0.3, 0.4) is 0 Å². The fourth-order valence-electron chi connectivity index (χ4n) is 1.86. The lowest BCUT2D eigenvalue weighted by Gasteiger charge is -2.06. The number of methoxy groups -OCH3 is 2. The fourth-order valence-corrected chi connectivity index (χ4v) is 2.73. The molecule has 3 aromatic rings. The SMILES string of the molecule is COc1ccc(/C=c2/sc3ncnn3c2=O)c(OC)c1. The summed E-state index contributed by atoms with van der Waals surface area (Å²) in [5.74, 6) is 1.34. The van der Waals surface area contributed by atoms with Crippen molar-refractivity contribution in [3.63, 3.8) is 0 Å². The molecule has 3 rings (SSSR count). The Morgan fingerprint density at radius 3 is 2.85 bits per heavy atom. The summed E-state index contributed by atoms with van der Waals surface area (Å²) in [6.45, 7) is 0. The van der Waals surface area contributed by atoms with Crippen molar-refractivity contribution < 1.29 is 9.47 Å². The van der Waals surface area contributed by atoms with Crippen molar-refractivity contribution in [2.24, 2.45) is 0 Å². The van der Waals surface area contributed by atoms with E-state index in [1.807, 2.05) is 12.1 Å². The topological polar surface area (TPSA) is 65.7 Å². The Labute approximate surface area is 117 Å². The van der Waals surface area contributed by atoms with Crippen molar-refractivity contribution in [3.8, 4) is 11.5 Å². The molecule has 0 spiro atoms. The third-order valence-corrected chi connectivity index (χ3v) is 3.82. The molecule has 2 heterocycles. The summed E-state index contributed by atoms with van der Waals surface area (Å²) >= 11 is 1.29. The van der Waals surface area contributed by atoms with Crippen LogP contribution >= 0.6 is 11.3 Å². The average Bonchev–Trinajstić information content (AvgIpc) is 3.04. The van der Waals surface area contributed by atoms with Gasteiger partial charge in [0.1, 0.15) is 17.8 Å². The second-order valence-corrected chi connectivity index (χ2v) is 4.99. The maximum absolute atomic E-state index is 12.1. The largest absolute Gasteiger partial charge is 0.497 e. The maximum atomic E-state index is 12.1. The second-order valence-electron chi connectivity index (χ2n) is 3.98. The van der Waals surface area contributed by atoms with Crippen LogP contribution in [0.1, 0.15) is 5.56 Å². The molecular weight excluding hydrogens is 278 g/mol. The van der Waals surface area contributed by atoms with Gasteiger partial charge in [0.15, 0.2) is 0 Å². The second kappa shape index (κ2) is 4.93. The van der Waals surface area contributed by atoms with E-state index < -0.39 is 0 Å². The predicted octanol–water partition coefficient (Wildman–Crippen LogP) is 0.716. The molecule has 0 N–H and O–H groups in total. The highest BCUT2D eigenvalue weighted by atomic mass is 32.1. The number of ether oxygens (including phenoxy) is 2. The van der Waals surface area contributed by atoms with Gasteiger partial charge < -0.3 is 9.47 Å². The number of benzene rings is 1. The minimum Gasteiger partial charge on any atom is -0.497 e. The third kappa shape index (κ3) is 2.01. The van der Waals surface area contributed by atoms with Gasteiger partial charge in [0.2, 0.25) is 4.96 Å². The minimum atomic E-state index is -0.180. The van der Waals surface area contributed by atoms with Gasteiger partial charge in [-0.25, -0.2) is 4.98 Å². The number of thiazole rings is 1. The molecule has 0 amide bonds. The molecule has 0 unspecified atom stereocenters. The standard InChI is InChI=1S/C13H11N3O3S/c1-18-9-4-3-8(10(6-9)19-2)5-11-12(17)16-13(20-11)14-7-15-16/h3-7H,1-2H3/b11-5+. The van der Waals surface area contributed by atoms with E-state index in [-0.39, 0.29) is 5.56 Å². The van der Waals surface area contributed by atoms with E-state index in [0.29, 0.717) is 21.0 Å². The van der Waals surface area contributed by atoms with Gasteiger partial charge in [0.05, 0.1) is 18.8 Å². The van der Waals surface area contributed by atoms with Gasteiger partial charge in [0, 0.05) is 11.6 Å². The molecule has 0 aliphatic heterocycles. The molecule has 7 heteroatoms. The summed E-state index contributed by atoms with van der Waals surface area (Å²) in [7, 11) is 3.17. The first-order chi connectivity index (χ1) is 9.72. The van der Waals surface area contributed by atoms with E-state index in [1.165, 1.54) is 22.2 Å². The van der Waals surface area contributed by atoms with Crippen molar-refractivity contribution in [1.29, 1.82) is 0 Å². The number of nitrogens with zero attached hydrogens (tertiary/aromatic N) is 3. The molecule has 0 saturated carbocycles. The van der Waals surface area contributed by atoms with Crippen LogP contribution in [0.4, 0.5) is 0 Å². The Hall–Kier alpha value is -2.41. The zero-order valence-electron chi connectivity index (χ0n) is 10.9. The molecule has 0 bridgehead atoms. The van der Waals surface area contributed by atoms with Crippen molar-refractivity contribution in [3.05, 3.63) is 45.0 Å². The third-order valence-electron chi connectivity index (χ3n) is 2.85. The van der Waals surface area contributed by atoms with E-state index in [4.69, 9.17) is 9.47 Å². The molecule has 6 nitrogen and oxygen atoms in total. The minimum absolute atomic E-state index is 0.180. The summed E-state index contributed by atoms with van der Waals surface area (Å²) in [6.07, 6.45) is 3.13. The number of rotatable bonds is 3. The number of hydrogen-bond acceptors (Lipinski definition) is 6. The molecule has 0 aliphatic rings. The molecule has 0 saturated heterocycles. The van der Waals surface area contributed by atoms with Gasteiger partial charge in [-0.05, 0) is 18.2 Å². The van der Waals surface area contributed by atoms with Crippen molar-refractivity contribution >= 4 is 22.4 Å². The molecule has 0 aliphatic carbocycles. The first kappa shape index (κ1) is 12.6. The summed E-state index contributed by atoms with van der Waals surface area (Å²) in [5.41, 5.74) is 0.621. The fraction of sp³-hybridized carbons (Fsp3) is 0.154. The molecule has 1 aromatic carbocycles. The van der Waals surface area contributed by atoms with Gasteiger partial charge in [-0.15, -0.1) is 0 Å². The summed E-state index contributed by atoms with van der Waals surface area (Å²) < 4.78 is 12.3. The number of hydrogen-bond donors (Lipinski definition) is 0. The summed E-state index contributed by atoms with van der Waals surface area (Å²) in [6, 6.07) is 5.43. The van der Waals surface area contributed by atoms with E-state index in [0.717, 1.165) is 5.56 Å². The Kier molecular flexibility index (Phi) is 3.11. The normalized spacial score (nSPS) is 12.0. The van der Waals surface area contributed by atoms with Gasteiger partial charge in [-0.1, -0.05) is 11.3 Å². The highest BCUT2D eigenvalue weighted by Gasteiger charge is 2.07. The molecule has 0 fully saturated rings. The highest BCUT2D eigenvalue weighted by molar-refractivity contribution is 7.15. The van der Waals surface area contributed by atoms with Crippen LogP contribution in [0.2, 0.25) is 0 Å². The lowest BCUT2D eigenvalue weighted by molar-refractivity contribution is 0.393. The Balaban J connectivity index is 2.18. The number of aromatic nitrogens is 3. The van der Waals surface area contributed by atoms with Gasteiger partial charge >= 0.3 is 0 Å². The number of fused-ring (bicyclic) bond motifs is 1.